The largest absolute Gasteiger partial charge is 0.496 e. The lowest BCUT2D eigenvalue weighted by Gasteiger charge is -2.13. The molecule has 0 bridgehead atoms. The molecule has 17 heavy (non-hydrogen) atoms. The van der Waals surface area contributed by atoms with Crippen molar-refractivity contribution in [2.24, 2.45) is 0 Å². The Hall–Kier alpha value is -1.71. The van der Waals surface area contributed by atoms with Gasteiger partial charge in [-0.3, -0.25) is 4.79 Å². The molecule has 4 nitrogen and oxygen atoms in total. The van der Waals surface area contributed by atoms with Crippen molar-refractivity contribution in [3.05, 3.63) is 23.3 Å². The van der Waals surface area contributed by atoms with Gasteiger partial charge in [-0.1, -0.05) is 6.92 Å². The van der Waals surface area contributed by atoms with Crippen LogP contribution >= 0.6 is 0 Å². The van der Waals surface area contributed by atoms with Crippen LogP contribution in [0.4, 0.5) is 0 Å². The van der Waals surface area contributed by atoms with E-state index >= 15 is 0 Å². The van der Waals surface area contributed by atoms with Gasteiger partial charge < -0.3 is 14.2 Å². The fourth-order valence-electron chi connectivity index (χ4n) is 1.73. The summed E-state index contributed by atoms with van der Waals surface area (Å²) >= 11 is 0. The zero-order valence-corrected chi connectivity index (χ0v) is 10.7. The molecule has 0 saturated heterocycles. The number of benzene rings is 1. The maximum Gasteiger partial charge on any atom is 0.309 e. The molecule has 1 aromatic rings. The molecule has 0 fully saturated rings. The van der Waals surface area contributed by atoms with Gasteiger partial charge in [0.15, 0.2) is 0 Å². The second-order valence-electron chi connectivity index (χ2n) is 3.59. The third-order valence-corrected chi connectivity index (χ3v) is 2.60. The van der Waals surface area contributed by atoms with E-state index < -0.39 is 0 Å². The highest BCUT2D eigenvalue weighted by Gasteiger charge is 2.12. The van der Waals surface area contributed by atoms with E-state index in [1.807, 2.05) is 19.1 Å². The van der Waals surface area contributed by atoms with Gasteiger partial charge in [-0.2, -0.15) is 0 Å². The van der Waals surface area contributed by atoms with Crippen molar-refractivity contribution in [3.63, 3.8) is 0 Å². The van der Waals surface area contributed by atoms with E-state index in [2.05, 4.69) is 4.74 Å². The summed E-state index contributed by atoms with van der Waals surface area (Å²) in [6, 6.07) is 3.69. The lowest BCUT2D eigenvalue weighted by Crippen LogP contribution is -2.06. The molecule has 4 heteroatoms. The Kier molecular flexibility index (Phi) is 4.82. The summed E-state index contributed by atoms with van der Waals surface area (Å²) in [4.78, 5) is 11.2. The first-order valence-corrected chi connectivity index (χ1v) is 5.46. The van der Waals surface area contributed by atoms with Crippen LogP contribution in [0.2, 0.25) is 0 Å². The van der Waals surface area contributed by atoms with Crippen LogP contribution in [0.25, 0.3) is 0 Å². The van der Waals surface area contributed by atoms with Crippen LogP contribution in [0.15, 0.2) is 12.1 Å². The van der Waals surface area contributed by atoms with Crippen molar-refractivity contribution in [2.45, 2.75) is 19.8 Å². The predicted octanol–water partition coefficient (Wildman–Crippen LogP) is 1.98. The summed E-state index contributed by atoms with van der Waals surface area (Å²) < 4.78 is 15.2. The SMILES string of the molecule is CCc1c(OC)cc(CC(=O)OC)cc1OC. The fourth-order valence-corrected chi connectivity index (χ4v) is 1.73. The molecule has 1 aromatic carbocycles. The van der Waals surface area contributed by atoms with Crippen molar-refractivity contribution in [2.75, 3.05) is 21.3 Å². The second kappa shape index (κ2) is 6.13. The van der Waals surface area contributed by atoms with Crippen molar-refractivity contribution in [3.8, 4) is 11.5 Å². The molecule has 1 rings (SSSR count). The molecule has 0 radical (unpaired) electrons. The van der Waals surface area contributed by atoms with Crippen LogP contribution in [0.5, 0.6) is 11.5 Å². The third kappa shape index (κ3) is 3.12. The highest BCUT2D eigenvalue weighted by Crippen LogP contribution is 2.31. The minimum Gasteiger partial charge on any atom is -0.496 e. The van der Waals surface area contributed by atoms with Gasteiger partial charge in [-0.25, -0.2) is 0 Å². The first-order chi connectivity index (χ1) is 8.15. The fraction of sp³-hybridized carbons (Fsp3) is 0.462. The van der Waals surface area contributed by atoms with Crippen molar-refractivity contribution >= 4 is 5.97 Å². The minimum absolute atomic E-state index is 0.215. The summed E-state index contributed by atoms with van der Waals surface area (Å²) in [7, 11) is 4.59. The molecule has 94 valence electrons. The third-order valence-electron chi connectivity index (χ3n) is 2.60. The average molecular weight is 238 g/mol. The number of methoxy groups -OCH3 is 3. The normalized spacial score (nSPS) is 9.88. The molecule has 0 aliphatic rings. The van der Waals surface area contributed by atoms with Crippen LogP contribution in [0.3, 0.4) is 0 Å². The summed E-state index contributed by atoms with van der Waals surface area (Å²) in [5.74, 6) is 1.20. The standard InChI is InChI=1S/C13H18O4/c1-5-10-11(15-2)6-9(7-12(10)16-3)8-13(14)17-4/h6-7H,5,8H2,1-4H3. The van der Waals surface area contributed by atoms with Gasteiger partial charge in [0.05, 0.1) is 27.8 Å². The van der Waals surface area contributed by atoms with Crippen molar-refractivity contribution < 1.29 is 19.0 Å². The van der Waals surface area contributed by atoms with Crippen molar-refractivity contribution in [1.82, 2.24) is 0 Å². The Bertz CT molecular complexity index is 373. The van der Waals surface area contributed by atoms with E-state index in [1.54, 1.807) is 14.2 Å². The highest BCUT2D eigenvalue weighted by molar-refractivity contribution is 5.73. The molecule has 0 unspecified atom stereocenters. The van der Waals surface area contributed by atoms with Gasteiger partial charge in [0.25, 0.3) is 0 Å². The van der Waals surface area contributed by atoms with Gasteiger partial charge in [0.1, 0.15) is 11.5 Å². The molecule has 0 spiro atoms. The average Bonchev–Trinajstić information content (AvgIpc) is 2.37. The Balaban J connectivity index is 3.13. The van der Waals surface area contributed by atoms with E-state index in [9.17, 15) is 4.79 Å². The van der Waals surface area contributed by atoms with Crippen LogP contribution in [0.1, 0.15) is 18.1 Å². The molecule has 0 aliphatic carbocycles. The second-order valence-corrected chi connectivity index (χ2v) is 3.59. The lowest BCUT2D eigenvalue weighted by molar-refractivity contribution is -0.139. The molecule has 0 aliphatic heterocycles. The summed E-state index contributed by atoms with van der Waals surface area (Å²) in [5.41, 5.74) is 1.83. The number of ether oxygens (including phenoxy) is 3. The summed E-state index contributed by atoms with van der Waals surface area (Å²) in [6.45, 7) is 2.03. The molecule has 0 amide bonds. The van der Waals surface area contributed by atoms with Crippen LogP contribution in [-0.2, 0) is 22.4 Å². The Morgan fingerprint density at radius 3 is 2.00 bits per heavy atom. The van der Waals surface area contributed by atoms with Gasteiger partial charge in [0.2, 0.25) is 0 Å². The molecule has 0 heterocycles. The van der Waals surface area contributed by atoms with Gasteiger partial charge in [-0.05, 0) is 24.1 Å². The number of hydrogen-bond donors (Lipinski definition) is 0. The smallest absolute Gasteiger partial charge is 0.309 e. The molecule has 0 saturated carbocycles. The topological polar surface area (TPSA) is 44.8 Å². The van der Waals surface area contributed by atoms with Crippen LogP contribution < -0.4 is 9.47 Å². The van der Waals surface area contributed by atoms with E-state index in [0.717, 1.165) is 29.0 Å². The van der Waals surface area contributed by atoms with Gasteiger partial charge >= 0.3 is 5.97 Å². The first-order valence-electron chi connectivity index (χ1n) is 5.46. The number of rotatable bonds is 5. The van der Waals surface area contributed by atoms with Gasteiger partial charge in [-0.15, -0.1) is 0 Å². The van der Waals surface area contributed by atoms with Crippen LogP contribution in [-0.4, -0.2) is 27.3 Å². The number of esters is 1. The van der Waals surface area contributed by atoms with E-state index in [1.165, 1.54) is 7.11 Å². The van der Waals surface area contributed by atoms with E-state index in [-0.39, 0.29) is 12.4 Å². The van der Waals surface area contributed by atoms with Crippen LogP contribution in [0, 0.1) is 0 Å². The predicted molar refractivity (Wildman–Crippen MR) is 64.6 cm³/mol. The monoisotopic (exact) mass is 238 g/mol. The highest BCUT2D eigenvalue weighted by atomic mass is 16.5. The molecular weight excluding hydrogens is 220 g/mol. The summed E-state index contributed by atoms with van der Waals surface area (Å²) in [5, 5.41) is 0. The van der Waals surface area contributed by atoms with E-state index in [0.29, 0.717) is 0 Å². The summed E-state index contributed by atoms with van der Waals surface area (Å²) in [6.07, 6.45) is 1.03. The van der Waals surface area contributed by atoms with E-state index in [4.69, 9.17) is 9.47 Å². The first kappa shape index (κ1) is 13.4. The zero-order valence-electron chi connectivity index (χ0n) is 10.7. The Morgan fingerprint density at radius 2 is 1.65 bits per heavy atom. The Morgan fingerprint density at radius 1 is 1.12 bits per heavy atom. The molecule has 0 N–H and O–H groups in total. The quantitative estimate of drug-likeness (QED) is 0.736. The molecule has 0 aromatic heterocycles. The number of hydrogen-bond acceptors (Lipinski definition) is 4. The lowest BCUT2D eigenvalue weighted by atomic mass is 10.0. The molecular formula is C13H18O4. The minimum atomic E-state index is -0.279. The molecule has 0 atom stereocenters. The Labute approximate surface area is 101 Å². The van der Waals surface area contributed by atoms with Gasteiger partial charge in [0, 0.05) is 5.56 Å². The maximum absolute atomic E-state index is 11.2. The maximum atomic E-state index is 11.2. The number of carbonyl (C=O) groups excluding carboxylic acids is 1. The van der Waals surface area contributed by atoms with Crippen molar-refractivity contribution in [1.29, 1.82) is 0 Å². The number of carbonyl (C=O) groups is 1. The zero-order chi connectivity index (χ0) is 12.8.